The minimum absolute atomic E-state index is 0.253. The molecule has 0 radical (unpaired) electrons. The molecule has 0 unspecified atom stereocenters. The van der Waals surface area contributed by atoms with Crippen LogP contribution in [0.5, 0.6) is 0 Å². The molecule has 4 rings (SSSR count). The smallest absolute Gasteiger partial charge is 0.166 e. The number of methoxy groups -OCH3 is 1. The summed E-state index contributed by atoms with van der Waals surface area (Å²) in [6, 6.07) is 23.6. The van der Waals surface area contributed by atoms with Crippen LogP contribution >= 0.6 is 0 Å². The van der Waals surface area contributed by atoms with Gasteiger partial charge in [0.05, 0.1) is 6.61 Å². The average molecular weight is 422 g/mol. The van der Waals surface area contributed by atoms with Crippen LogP contribution in [0.2, 0.25) is 0 Å². The first kappa shape index (κ1) is 21.3. The number of rotatable bonds is 3. The van der Waals surface area contributed by atoms with Gasteiger partial charge in [-0.05, 0) is 72.0 Å². The first-order valence-corrected chi connectivity index (χ1v) is 10.2. The van der Waals surface area contributed by atoms with E-state index in [1.165, 1.54) is 5.56 Å². The number of fused-ring (bicyclic) bond motifs is 1. The molecule has 32 heavy (non-hydrogen) atoms. The fraction of sp³-hybridized carbons (Fsp3) is 0.103. The third-order valence-corrected chi connectivity index (χ3v) is 5.04. The van der Waals surface area contributed by atoms with Gasteiger partial charge in [-0.15, -0.1) is 0 Å². The molecule has 0 spiro atoms. The van der Waals surface area contributed by atoms with Crippen molar-refractivity contribution < 1.29 is 13.5 Å². The Kier molecular flexibility index (Phi) is 6.61. The van der Waals surface area contributed by atoms with Crippen molar-refractivity contribution in [3.63, 3.8) is 0 Å². The SMILES string of the molecule is COCCc1ccc(C#Cc2ccc(C#Cc3ccc4c(F)c(F)ccc4c3)cc2)cc1. The van der Waals surface area contributed by atoms with E-state index in [9.17, 15) is 8.78 Å². The molecule has 0 atom stereocenters. The zero-order chi connectivity index (χ0) is 22.3. The molecule has 0 fully saturated rings. The molecule has 0 aromatic heterocycles. The van der Waals surface area contributed by atoms with Crippen LogP contribution in [-0.2, 0) is 11.2 Å². The van der Waals surface area contributed by atoms with Gasteiger partial charge in [0.1, 0.15) is 0 Å². The lowest BCUT2D eigenvalue weighted by Crippen LogP contribution is -1.93. The molecule has 3 heteroatoms. The number of ether oxygens (including phenoxy) is 1. The van der Waals surface area contributed by atoms with Gasteiger partial charge < -0.3 is 4.74 Å². The van der Waals surface area contributed by atoms with E-state index in [4.69, 9.17) is 4.74 Å². The van der Waals surface area contributed by atoms with Crippen molar-refractivity contribution in [3.05, 3.63) is 118 Å². The Labute approximate surface area is 186 Å². The minimum Gasteiger partial charge on any atom is -0.384 e. The highest BCUT2D eigenvalue weighted by Crippen LogP contribution is 2.21. The molecular weight excluding hydrogens is 402 g/mol. The Hall–Kier alpha value is -3.92. The Morgan fingerprint density at radius 3 is 1.78 bits per heavy atom. The molecule has 4 aromatic rings. The van der Waals surface area contributed by atoms with E-state index in [1.54, 1.807) is 31.4 Å². The van der Waals surface area contributed by atoms with Gasteiger partial charge in [0.25, 0.3) is 0 Å². The Morgan fingerprint density at radius 1 is 0.656 bits per heavy atom. The van der Waals surface area contributed by atoms with E-state index in [0.717, 1.165) is 34.7 Å². The van der Waals surface area contributed by atoms with Crippen molar-refractivity contribution in [1.29, 1.82) is 0 Å². The van der Waals surface area contributed by atoms with Crippen LogP contribution in [0.25, 0.3) is 10.8 Å². The quantitative estimate of drug-likeness (QED) is 0.362. The van der Waals surface area contributed by atoms with E-state index in [2.05, 4.69) is 35.8 Å². The molecule has 0 aliphatic heterocycles. The second kappa shape index (κ2) is 9.92. The highest BCUT2D eigenvalue weighted by Gasteiger charge is 2.06. The van der Waals surface area contributed by atoms with Crippen molar-refractivity contribution >= 4 is 10.8 Å². The maximum absolute atomic E-state index is 13.8. The summed E-state index contributed by atoms with van der Waals surface area (Å²) in [5, 5.41) is 0.871. The van der Waals surface area contributed by atoms with E-state index in [1.807, 2.05) is 36.4 Å². The van der Waals surface area contributed by atoms with Crippen LogP contribution in [-0.4, -0.2) is 13.7 Å². The van der Waals surface area contributed by atoms with Crippen molar-refractivity contribution in [2.75, 3.05) is 13.7 Å². The fourth-order valence-corrected chi connectivity index (χ4v) is 3.24. The highest BCUT2D eigenvalue weighted by atomic mass is 19.2. The topological polar surface area (TPSA) is 9.23 Å². The van der Waals surface area contributed by atoms with Crippen LogP contribution in [0.3, 0.4) is 0 Å². The van der Waals surface area contributed by atoms with Gasteiger partial charge in [0, 0.05) is 34.7 Å². The van der Waals surface area contributed by atoms with Gasteiger partial charge in [0.15, 0.2) is 11.6 Å². The molecule has 0 amide bonds. The molecule has 0 bridgehead atoms. The standard InChI is InChI=1S/C29H20F2O/c1-32-19-18-24-10-8-22(9-11-24)3-2-21-4-6-23(7-5-21)12-13-25-14-16-27-26(20-25)15-17-28(30)29(27)31/h4-11,14-17,20H,18-19H2,1H3. The number of hydrogen-bond donors (Lipinski definition) is 0. The Balaban J connectivity index is 1.45. The summed E-state index contributed by atoms with van der Waals surface area (Å²) in [5.74, 6) is 10.8. The number of halogens is 2. The molecule has 0 saturated carbocycles. The number of benzene rings is 4. The van der Waals surface area contributed by atoms with Crippen molar-refractivity contribution in [2.24, 2.45) is 0 Å². The fourth-order valence-electron chi connectivity index (χ4n) is 3.24. The maximum atomic E-state index is 13.8. The predicted octanol–water partition coefficient (Wildman–Crippen LogP) is 6.11. The molecule has 0 N–H and O–H groups in total. The van der Waals surface area contributed by atoms with Gasteiger partial charge in [0.2, 0.25) is 0 Å². The highest BCUT2D eigenvalue weighted by molar-refractivity contribution is 5.84. The molecule has 0 aliphatic rings. The zero-order valence-electron chi connectivity index (χ0n) is 17.6. The molecule has 0 aliphatic carbocycles. The molecule has 1 nitrogen and oxygen atoms in total. The summed E-state index contributed by atoms with van der Waals surface area (Å²) in [6.07, 6.45) is 0.890. The summed E-state index contributed by atoms with van der Waals surface area (Å²) in [4.78, 5) is 0. The third-order valence-electron chi connectivity index (χ3n) is 5.04. The predicted molar refractivity (Wildman–Crippen MR) is 124 cm³/mol. The van der Waals surface area contributed by atoms with E-state index >= 15 is 0 Å². The molecular formula is C29H20F2O. The van der Waals surface area contributed by atoms with Gasteiger partial charge >= 0.3 is 0 Å². The van der Waals surface area contributed by atoms with Crippen LogP contribution in [0, 0.1) is 35.3 Å². The zero-order valence-corrected chi connectivity index (χ0v) is 17.6. The molecule has 4 aromatic carbocycles. The van der Waals surface area contributed by atoms with Crippen molar-refractivity contribution in [2.45, 2.75) is 6.42 Å². The average Bonchev–Trinajstić information content (AvgIpc) is 2.84. The van der Waals surface area contributed by atoms with E-state index in [0.29, 0.717) is 12.0 Å². The first-order valence-electron chi connectivity index (χ1n) is 10.2. The summed E-state index contributed by atoms with van der Waals surface area (Å²) in [5.41, 5.74) is 4.68. The molecule has 0 saturated heterocycles. The summed E-state index contributed by atoms with van der Waals surface area (Å²) < 4.78 is 32.3. The first-order chi connectivity index (χ1) is 15.6. The minimum atomic E-state index is -0.849. The normalized spacial score (nSPS) is 10.2. The van der Waals surface area contributed by atoms with Crippen LogP contribution in [0.15, 0.2) is 78.9 Å². The van der Waals surface area contributed by atoms with Crippen LogP contribution < -0.4 is 0 Å². The van der Waals surface area contributed by atoms with Crippen molar-refractivity contribution in [1.82, 2.24) is 0 Å². The van der Waals surface area contributed by atoms with Crippen LogP contribution in [0.4, 0.5) is 8.78 Å². The van der Waals surface area contributed by atoms with Gasteiger partial charge in [-0.2, -0.15) is 0 Å². The lowest BCUT2D eigenvalue weighted by molar-refractivity contribution is 0.202. The summed E-state index contributed by atoms with van der Waals surface area (Å²) in [6.45, 7) is 0.708. The Morgan fingerprint density at radius 2 is 1.19 bits per heavy atom. The molecule has 0 heterocycles. The van der Waals surface area contributed by atoms with E-state index < -0.39 is 11.6 Å². The van der Waals surface area contributed by atoms with Gasteiger partial charge in [-0.3, -0.25) is 0 Å². The second-order valence-corrected chi connectivity index (χ2v) is 7.31. The summed E-state index contributed by atoms with van der Waals surface area (Å²) >= 11 is 0. The lowest BCUT2D eigenvalue weighted by atomic mass is 10.1. The summed E-state index contributed by atoms with van der Waals surface area (Å²) in [7, 11) is 1.70. The number of hydrogen-bond acceptors (Lipinski definition) is 1. The monoisotopic (exact) mass is 422 g/mol. The lowest BCUT2D eigenvalue weighted by Gasteiger charge is -2.01. The van der Waals surface area contributed by atoms with Crippen LogP contribution in [0.1, 0.15) is 27.8 Å². The largest absolute Gasteiger partial charge is 0.384 e. The third kappa shape index (κ3) is 5.22. The van der Waals surface area contributed by atoms with E-state index in [-0.39, 0.29) is 5.39 Å². The van der Waals surface area contributed by atoms with Gasteiger partial charge in [-0.1, -0.05) is 47.9 Å². The Bertz CT molecular complexity index is 1360. The van der Waals surface area contributed by atoms with Gasteiger partial charge in [-0.25, -0.2) is 8.78 Å². The van der Waals surface area contributed by atoms with Crippen molar-refractivity contribution in [3.8, 4) is 23.7 Å². The molecule has 156 valence electrons. The maximum Gasteiger partial charge on any atom is 0.166 e. The second-order valence-electron chi connectivity index (χ2n) is 7.31.